The van der Waals surface area contributed by atoms with Crippen LogP contribution < -0.4 is 0 Å². The summed E-state index contributed by atoms with van der Waals surface area (Å²) in [7, 11) is 0. The Hall–Kier alpha value is -2.28. The highest BCUT2D eigenvalue weighted by atomic mass is 19.1. The first-order valence-electron chi connectivity index (χ1n) is 12.8. The summed E-state index contributed by atoms with van der Waals surface area (Å²) in [5.41, 5.74) is -5.01. The number of fused-ring (bicyclic) bond motifs is 5. The average Bonchev–Trinajstić information content (AvgIpc) is 3.02. The second-order valence-electron chi connectivity index (χ2n) is 11.3. The second kappa shape index (κ2) is 8.39. The van der Waals surface area contributed by atoms with Crippen molar-refractivity contribution in [2.24, 2.45) is 28.6 Å². The van der Waals surface area contributed by atoms with Gasteiger partial charge in [-0.3, -0.25) is 14.4 Å². The van der Waals surface area contributed by atoms with Crippen LogP contribution in [0.25, 0.3) is 0 Å². The summed E-state index contributed by atoms with van der Waals surface area (Å²) < 4.78 is 23.4. The summed E-state index contributed by atoms with van der Waals surface area (Å²) in [6.07, 6.45) is 5.78. The van der Waals surface area contributed by atoms with E-state index in [1.165, 1.54) is 12.2 Å². The molecule has 0 aliphatic heterocycles. The van der Waals surface area contributed by atoms with Gasteiger partial charge in [0, 0.05) is 41.6 Å². The van der Waals surface area contributed by atoms with Crippen molar-refractivity contribution in [3.63, 3.8) is 0 Å². The molecule has 0 spiro atoms. The van der Waals surface area contributed by atoms with Gasteiger partial charge in [-0.15, -0.1) is 0 Å². The first-order valence-corrected chi connectivity index (χ1v) is 12.8. The number of ketones is 2. The molecule has 4 aliphatic rings. The Labute approximate surface area is 206 Å². The van der Waals surface area contributed by atoms with Crippen LogP contribution in [0.1, 0.15) is 73.1 Å². The van der Waals surface area contributed by atoms with Crippen molar-refractivity contribution in [2.45, 2.75) is 90.5 Å². The lowest BCUT2D eigenvalue weighted by atomic mass is 9.44. The quantitative estimate of drug-likeness (QED) is 0.330. The van der Waals surface area contributed by atoms with Crippen molar-refractivity contribution < 1.29 is 33.7 Å². The van der Waals surface area contributed by atoms with Crippen LogP contribution in [0, 0.1) is 28.6 Å². The Kier molecular flexibility index (Phi) is 6.19. The Morgan fingerprint density at radius 1 is 1.23 bits per heavy atom. The Balaban J connectivity index is 1.87. The maximum Gasteiger partial charge on any atom is 0.306 e. The van der Waals surface area contributed by atoms with Crippen LogP contribution in [0.5, 0.6) is 0 Å². The van der Waals surface area contributed by atoms with Crippen molar-refractivity contribution in [2.75, 3.05) is 0 Å². The summed E-state index contributed by atoms with van der Waals surface area (Å²) in [6.45, 7) is 8.79. The number of rotatable bonds is 5. The highest BCUT2D eigenvalue weighted by molar-refractivity contribution is 6.01. The van der Waals surface area contributed by atoms with E-state index >= 15 is 4.39 Å². The summed E-state index contributed by atoms with van der Waals surface area (Å²) in [5.74, 6) is -2.65. The molecular formula is C28H37FO6. The van der Waals surface area contributed by atoms with Gasteiger partial charge in [0.2, 0.25) is 0 Å². The number of alkyl halides is 1. The number of esters is 1. The SMILES string of the molecule is CCC(=O)C=C(O)[C@@]1(OC(=O)CC)[C@@H](C)C[C@@H]2[C@@H]3CCC4=CC(=O)C=C[C@]4(C)[C@@]3(F)[C@@H](O)C[C@@]21C. The van der Waals surface area contributed by atoms with Gasteiger partial charge in [0.15, 0.2) is 22.8 Å². The predicted molar refractivity (Wildman–Crippen MR) is 128 cm³/mol. The van der Waals surface area contributed by atoms with Crippen LogP contribution in [-0.4, -0.2) is 45.1 Å². The Morgan fingerprint density at radius 2 is 1.91 bits per heavy atom. The van der Waals surface area contributed by atoms with Crippen molar-refractivity contribution in [3.05, 3.63) is 35.6 Å². The van der Waals surface area contributed by atoms with Crippen LogP contribution in [0.4, 0.5) is 4.39 Å². The molecule has 0 bridgehead atoms. The number of hydrogen-bond acceptors (Lipinski definition) is 6. The number of aliphatic hydroxyl groups is 2. The molecule has 0 radical (unpaired) electrons. The van der Waals surface area contributed by atoms with Gasteiger partial charge < -0.3 is 14.9 Å². The molecule has 0 amide bonds. The van der Waals surface area contributed by atoms with E-state index < -0.39 is 46.0 Å². The number of aliphatic hydroxyl groups excluding tert-OH is 2. The molecule has 0 aromatic rings. The molecule has 192 valence electrons. The number of allylic oxidation sites excluding steroid dienone is 5. The molecule has 3 fully saturated rings. The fraction of sp³-hybridized carbons (Fsp3) is 0.679. The van der Waals surface area contributed by atoms with E-state index in [0.717, 1.165) is 6.08 Å². The normalized spacial score (nSPS) is 44.7. The molecule has 6 nitrogen and oxygen atoms in total. The zero-order valence-electron chi connectivity index (χ0n) is 21.3. The lowest BCUT2D eigenvalue weighted by Crippen LogP contribution is -2.69. The molecule has 35 heavy (non-hydrogen) atoms. The van der Waals surface area contributed by atoms with Crippen LogP contribution in [-0.2, 0) is 19.1 Å². The standard InChI is InChI=1S/C28H37FO6/c1-6-18(30)14-22(32)28(35-24(34)7-2)16(3)12-21-20-9-8-17-13-19(31)10-11-25(17,4)27(20,29)23(33)15-26(21,28)5/h10-11,13-14,16,20-21,23,32-33H,6-9,12,15H2,1-5H3/t16-,20-,21+,23-,25-,26-,27-,28-/m0/s1. The number of ether oxygens (including phenoxy) is 1. The van der Waals surface area contributed by atoms with E-state index in [0.29, 0.717) is 24.8 Å². The van der Waals surface area contributed by atoms with Gasteiger partial charge >= 0.3 is 5.97 Å². The summed E-state index contributed by atoms with van der Waals surface area (Å²) in [4.78, 5) is 37.0. The lowest BCUT2D eigenvalue weighted by Gasteiger charge is -2.63. The third-order valence-corrected chi connectivity index (χ3v) is 9.77. The fourth-order valence-electron chi connectivity index (χ4n) is 7.96. The molecular weight excluding hydrogens is 451 g/mol. The minimum absolute atomic E-state index is 0.0606. The maximum atomic E-state index is 17.3. The molecule has 0 aromatic heterocycles. The van der Waals surface area contributed by atoms with Crippen molar-refractivity contribution >= 4 is 17.5 Å². The minimum Gasteiger partial charge on any atom is -0.508 e. The van der Waals surface area contributed by atoms with E-state index in [1.54, 1.807) is 26.8 Å². The van der Waals surface area contributed by atoms with Gasteiger partial charge in [-0.05, 0) is 50.7 Å². The predicted octanol–water partition coefficient (Wildman–Crippen LogP) is 4.72. The first kappa shape index (κ1) is 25.8. The molecule has 8 atom stereocenters. The van der Waals surface area contributed by atoms with Crippen LogP contribution in [0.3, 0.4) is 0 Å². The molecule has 7 heteroatoms. The molecule has 0 heterocycles. The van der Waals surface area contributed by atoms with Gasteiger partial charge in [0.1, 0.15) is 5.76 Å². The molecule has 0 unspecified atom stereocenters. The third-order valence-electron chi connectivity index (χ3n) is 9.77. The lowest BCUT2D eigenvalue weighted by molar-refractivity contribution is -0.227. The molecule has 2 N–H and O–H groups in total. The van der Waals surface area contributed by atoms with Crippen LogP contribution >= 0.6 is 0 Å². The summed E-state index contributed by atoms with van der Waals surface area (Å²) >= 11 is 0. The zero-order chi connectivity index (χ0) is 26.0. The van der Waals surface area contributed by atoms with Gasteiger partial charge in [-0.2, -0.15) is 0 Å². The monoisotopic (exact) mass is 488 g/mol. The number of halogens is 1. The maximum absolute atomic E-state index is 17.3. The van der Waals surface area contributed by atoms with Crippen LogP contribution in [0.2, 0.25) is 0 Å². The van der Waals surface area contributed by atoms with Crippen molar-refractivity contribution in [1.29, 1.82) is 0 Å². The smallest absolute Gasteiger partial charge is 0.306 e. The van der Waals surface area contributed by atoms with Gasteiger partial charge in [-0.25, -0.2) is 4.39 Å². The average molecular weight is 489 g/mol. The number of carbonyl (C=O) groups excluding carboxylic acids is 3. The van der Waals surface area contributed by atoms with E-state index in [2.05, 4.69) is 0 Å². The van der Waals surface area contributed by atoms with Crippen LogP contribution in [0.15, 0.2) is 35.6 Å². The highest BCUT2D eigenvalue weighted by Gasteiger charge is 2.76. The van der Waals surface area contributed by atoms with Crippen molar-refractivity contribution in [1.82, 2.24) is 0 Å². The molecule has 4 aliphatic carbocycles. The molecule has 0 saturated heterocycles. The van der Waals surface area contributed by atoms with Crippen molar-refractivity contribution in [3.8, 4) is 0 Å². The summed E-state index contributed by atoms with van der Waals surface area (Å²) in [6, 6.07) is 0. The Bertz CT molecular complexity index is 1040. The minimum atomic E-state index is -2.03. The van der Waals surface area contributed by atoms with E-state index in [9.17, 15) is 24.6 Å². The third kappa shape index (κ3) is 3.26. The van der Waals surface area contributed by atoms with E-state index in [-0.39, 0.29) is 42.5 Å². The van der Waals surface area contributed by atoms with E-state index in [1.807, 2.05) is 13.8 Å². The fourth-order valence-corrected chi connectivity index (χ4v) is 7.96. The molecule has 4 rings (SSSR count). The highest BCUT2D eigenvalue weighted by Crippen LogP contribution is 2.72. The number of hydrogen-bond donors (Lipinski definition) is 2. The molecule has 0 aromatic carbocycles. The Morgan fingerprint density at radius 3 is 2.54 bits per heavy atom. The van der Waals surface area contributed by atoms with Gasteiger partial charge in [-0.1, -0.05) is 39.3 Å². The first-order chi connectivity index (χ1) is 16.3. The summed E-state index contributed by atoms with van der Waals surface area (Å²) in [5, 5.41) is 22.9. The van der Waals surface area contributed by atoms with E-state index in [4.69, 9.17) is 4.74 Å². The zero-order valence-corrected chi connectivity index (χ0v) is 21.3. The number of carbonyl (C=O) groups is 3. The van der Waals surface area contributed by atoms with Gasteiger partial charge in [0.25, 0.3) is 0 Å². The molecule has 3 saturated carbocycles. The topological polar surface area (TPSA) is 101 Å². The largest absolute Gasteiger partial charge is 0.508 e. The van der Waals surface area contributed by atoms with Gasteiger partial charge in [0.05, 0.1) is 6.10 Å². The second-order valence-corrected chi connectivity index (χ2v) is 11.3.